The van der Waals surface area contributed by atoms with Gasteiger partial charge in [-0.25, -0.2) is 4.79 Å². The Balaban J connectivity index is 1.48. The molecule has 4 fully saturated rings. The fourth-order valence-corrected chi connectivity index (χ4v) is 5.53. The summed E-state index contributed by atoms with van der Waals surface area (Å²) >= 11 is 0. The van der Waals surface area contributed by atoms with Crippen molar-refractivity contribution in [1.82, 2.24) is 10.6 Å². The normalized spacial score (nSPS) is 34.0. The Labute approximate surface area is 142 Å². The van der Waals surface area contributed by atoms with Crippen molar-refractivity contribution in [2.75, 3.05) is 6.54 Å². The maximum Gasteiger partial charge on any atom is 0.328 e. The van der Waals surface area contributed by atoms with Crippen LogP contribution in [0.25, 0.3) is 0 Å². The Bertz CT molecular complexity index is 520. The van der Waals surface area contributed by atoms with Gasteiger partial charge in [0.1, 0.15) is 5.54 Å². The fourth-order valence-electron chi connectivity index (χ4n) is 5.53. The molecule has 2 amide bonds. The highest BCUT2D eigenvalue weighted by Gasteiger charge is 2.51. The van der Waals surface area contributed by atoms with E-state index in [1.165, 1.54) is 33.1 Å². The van der Waals surface area contributed by atoms with Gasteiger partial charge < -0.3 is 15.7 Å². The minimum Gasteiger partial charge on any atom is -0.480 e. The molecule has 0 unspecified atom stereocenters. The number of carboxylic acid groups (broad SMARTS) is 1. The number of rotatable bonds is 6. The molecule has 0 aromatic carbocycles. The number of carbonyl (C=O) groups excluding carboxylic acids is 2. The van der Waals surface area contributed by atoms with Crippen molar-refractivity contribution in [3.05, 3.63) is 0 Å². The average Bonchev–Trinajstić information content (AvgIpc) is 2.42. The summed E-state index contributed by atoms with van der Waals surface area (Å²) in [4.78, 5) is 35.2. The van der Waals surface area contributed by atoms with E-state index in [1.54, 1.807) is 0 Å². The Morgan fingerprint density at radius 3 is 1.96 bits per heavy atom. The lowest BCUT2D eigenvalue weighted by Gasteiger charge is -2.56. The molecule has 24 heavy (non-hydrogen) atoms. The first-order valence-corrected chi connectivity index (χ1v) is 8.99. The molecular formula is C18H28N2O4. The molecular weight excluding hydrogens is 308 g/mol. The van der Waals surface area contributed by atoms with Crippen LogP contribution < -0.4 is 10.6 Å². The summed E-state index contributed by atoms with van der Waals surface area (Å²) in [6.07, 6.45) is 8.00. The summed E-state index contributed by atoms with van der Waals surface area (Å²) in [6, 6.07) is 0. The quantitative estimate of drug-likeness (QED) is 0.688. The van der Waals surface area contributed by atoms with Gasteiger partial charge in [-0.1, -0.05) is 0 Å². The molecule has 134 valence electrons. The molecule has 0 spiro atoms. The van der Waals surface area contributed by atoms with Crippen molar-refractivity contribution in [2.45, 2.75) is 64.3 Å². The van der Waals surface area contributed by atoms with Crippen molar-refractivity contribution < 1.29 is 19.5 Å². The first-order valence-electron chi connectivity index (χ1n) is 8.99. The lowest BCUT2D eigenvalue weighted by molar-refractivity contribution is -0.145. The van der Waals surface area contributed by atoms with Crippen LogP contribution in [0.15, 0.2) is 0 Å². The predicted octanol–water partition coefficient (Wildman–Crippen LogP) is 1.69. The summed E-state index contributed by atoms with van der Waals surface area (Å²) in [7, 11) is 0. The van der Waals surface area contributed by atoms with E-state index in [-0.39, 0.29) is 17.9 Å². The zero-order valence-electron chi connectivity index (χ0n) is 14.6. The Hall–Kier alpha value is -1.59. The molecule has 0 radical (unpaired) electrons. The van der Waals surface area contributed by atoms with Gasteiger partial charge in [-0.2, -0.15) is 0 Å². The molecule has 4 saturated carbocycles. The smallest absolute Gasteiger partial charge is 0.328 e. The van der Waals surface area contributed by atoms with E-state index in [2.05, 4.69) is 10.6 Å². The summed E-state index contributed by atoms with van der Waals surface area (Å²) in [5.41, 5.74) is -1.18. The molecule has 6 nitrogen and oxygen atoms in total. The molecule has 0 atom stereocenters. The van der Waals surface area contributed by atoms with E-state index in [9.17, 15) is 14.4 Å². The maximum atomic E-state index is 12.3. The molecule has 6 heteroatoms. The molecule has 0 aromatic heterocycles. The fraction of sp³-hybridized carbons (Fsp3) is 0.833. The maximum absolute atomic E-state index is 12.3. The third-order valence-corrected chi connectivity index (χ3v) is 6.13. The largest absolute Gasteiger partial charge is 0.480 e. The number of carboxylic acids is 1. The Morgan fingerprint density at radius 1 is 1.00 bits per heavy atom. The van der Waals surface area contributed by atoms with Crippen LogP contribution in [0.3, 0.4) is 0 Å². The molecule has 0 aliphatic heterocycles. The van der Waals surface area contributed by atoms with Crippen LogP contribution in [0, 0.1) is 23.2 Å². The molecule has 4 aliphatic rings. The molecule has 4 aliphatic carbocycles. The lowest BCUT2D eigenvalue weighted by atomic mass is 9.49. The van der Waals surface area contributed by atoms with Gasteiger partial charge in [-0.15, -0.1) is 0 Å². The second kappa shape index (κ2) is 6.05. The number of carbonyl (C=O) groups is 3. The van der Waals surface area contributed by atoms with Crippen LogP contribution in [0.1, 0.15) is 58.8 Å². The molecule has 0 aromatic rings. The van der Waals surface area contributed by atoms with E-state index in [0.29, 0.717) is 6.42 Å². The van der Waals surface area contributed by atoms with E-state index in [4.69, 9.17) is 5.11 Å². The van der Waals surface area contributed by atoms with Crippen LogP contribution in [0.2, 0.25) is 0 Å². The number of hydrogen-bond donors (Lipinski definition) is 3. The second-order valence-electron chi connectivity index (χ2n) is 8.85. The van der Waals surface area contributed by atoms with Gasteiger partial charge in [0.25, 0.3) is 0 Å². The number of amides is 2. The summed E-state index contributed by atoms with van der Waals surface area (Å²) in [5, 5.41) is 14.1. The summed E-state index contributed by atoms with van der Waals surface area (Å²) in [5.74, 6) is 0.730. The van der Waals surface area contributed by atoms with Crippen LogP contribution in [0.5, 0.6) is 0 Å². The van der Waals surface area contributed by atoms with Gasteiger partial charge in [0, 0.05) is 6.42 Å². The van der Waals surface area contributed by atoms with Gasteiger partial charge >= 0.3 is 5.97 Å². The predicted molar refractivity (Wildman–Crippen MR) is 88.1 cm³/mol. The minimum absolute atomic E-state index is 0.0831. The highest BCUT2D eigenvalue weighted by atomic mass is 16.4. The third-order valence-electron chi connectivity index (χ3n) is 6.13. The average molecular weight is 336 g/mol. The third kappa shape index (κ3) is 3.57. The van der Waals surface area contributed by atoms with Crippen LogP contribution in [0.4, 0.5) is 0 Å². The van der Waals surface area contributed by atoms with Gasteiger partial charge in [0.05, 0.1) is 6.54 Å². The number of aliphatic carboxylic acids is 1. The van der Waals surface area contributed by atoms with Gasteiger partial charge in [0.2, 0.25) is 11.8 Å². The zero-order chi connectivity index (χ0) is 17.5. The first-order chi connectivity index (χ1) is 11.2. The van der Waals surface area contributed by atoms with E-state index < -0.39 is 17.4 Å². The van der Waals surface area contributed by atoms with Gasteiger partial charge in [0.15, 0.2) is 0 Å². The zero-order valence-corrected chi connectivity index (χ0v) is 14.6. The van der Waals surface area contributed by atoms with Crippen molar-refractivity contribution >= 4 is 17.8 Å². The Kier molecular flexibility index (Phi) is 4.34. The molecule has 3 N–H and O–H groups in total. The number of nitrogens with one attached hydrogen (secondary N) is 2. The van der Waals surface area contributed by atoms with Gasteiger partial charge in [-0.3, -0.25) is 9.59 Å². The van der Waals surface area contributed by atoms with Crippen molar-refractivity contribution in [3.8, 4) is 0 Å². The first kappa shape index (κ1) is 17.2. The van der Waals surface area contributed by atoms with Crippen molar-refractivity contribution in [3.63, 3.8) is 0 Å². The highest BCUT2D eigenvalue weighted by molar-refractivity contribution is 5.89. The highest BCUT2D eigenvalue weighted by Crippen LogP contribution is 2.61. The monoisotopic (exact) mass is 336 g/mol. The second-order valence-corrected chi connectivity index (χ2v) is 8.85. The summed E-state index contributed by atoms with van der Waals surface area (Å²) in [6.45, 7) is 2.68. The molecule has 0 heterocycles. The molecule has 4 rings (SSSR count). The Morgan fingerprint density at radius 2 is 1.50 bits per heavy atom. The number of hydrogen-bond acceptors (Lipinski definition) is 3. The van der Waals surface area contributed by atoms with Crippen LogP contribution in [-0.4, -0.2) is 35.0 Å². The molecule has 4 bridgehead atoms. The minimum atomic E-state index is -1.33. The van der Waals surface area contributed by atoms with Crippen molar-refractivity contribution in [2.24, 2.45) is 23.2 Å². The van der Waals surface area contributed by atoms with E-state index in [1.807, 2.05) is 0 Å². The van der Waals surface area contributed by atoms with Crippen molar-refractivity contribution in [1.29, 1.82) is 0 Å². The van der Waals surface area contributed by atoms with Crippen LogP contribution >= 0.6 is 0 Å². The standard InChI is InChI=1S/C18H28N2O4/c1-17(2,16(23)24)20-15(22)10-19-14(21)9-18-6-11-3-12(7-18)5-13(4-11)8-18/h11-13H,3-10H2,1-2H3,(H,19,21)(H,20,22)(H,23,24). The SMILES string of the molecule is CC(C)(NC(=O)CNC(=O)CC12CC3CC(CC(C3)C1)C2)C(=O)O. The summed E-state index contributed by atoms with van der Waals surface area (Å²) < 4.78 is 0. The van der Waals surface area contributed by atoms with Crippen LogP contribution in [-0.2, 0) is 14.4 Å². The van der Waals surface area contributed by atoms with E-state index >= 15 is 0 Å². The van der Waals surface area contributed by atoms with Gasteiger partial charge in [-0.05, 0) is 75.5 Å². The van der Waals surface area contributed by atoms with E-state index in [0.717, 1.165) is 37.0 Å². The molecule has 0 saturated heterocycles. The topological polar surface area (TPSA) is 95.5 Å². The lowest BCUT2D eigenvalue weighted by Crippen LogP contribution is -2.53.